The molecule has 1 saturated carbocycles. The zero-order chi connectivity index (χ0) is 16.9. The lowest BCUT2D eigenvalue weighted by molar-refractivity contribution is 0.0874. The molecule has 6 nitrogen and oxygen atoms in total. The minimum absolute atomic E-state index is 0.0788. The molecule has 6 heteroatoms. The summed E-state index contributed by atoms with van der Waals surface area (Å²) >= 11 is 0. The molecule has 1 aromatic heterocycles. The molecule has 1 fully saturated rings. The van der Waals surface area contributed by atoms with Crippen molar-refractivity contribution in [3.8, 4) is 0 Å². The third kappa shape index (κ3) is 4.35. The van der Waals surface area contributed by atoms with E-state index in [2.05, 4.69) is 15.7 Å². The van der Waals surface area contributed by atoms with Crippen LogP contribution in [0.25, 0.3) is 0 Å². The number of benzene rings is 1. The predicted molar refractivity (Wildman–Crippen MR) is 93.2 cm³/mol. The lowest BCUT2D eigenvalue weighted by Crippen LogP contribution is -2.32. The Morgan fingerprint density at radius 1 is 1.38 bits per heavy atom. The normalized spacial score (nSPS) is 20.6. The molecule has 128 valence electrons. The largest absolute Gasteiger partial charge is 0.393 e. The molecule has 2 atom stereocenters. The van der Waals surface area contributed by atoms with Crippen LogP contribution in [-0.4, -0.2) is 33.4 Å². The van der Waals surface area contributed by atoms with Crippen molar-refractivity contribution >= 4 is 17.3 Å². The van der Waals surface area contributed by atoms with Gasteiger partial charge in [0.05, 0.1) is 18.0 Å². The number of rotatable bonds is 5. The minimum atomic E-state index is -0.215. The van der Waals surface area contributed by atoms with Crippen LogP contribution in [0.4, 0.5) is 11.4 Å². The summed E-state index contributed by atoms with van der Waals surface area (Å²) in [5.74, 6) is 0.291. The van der Waals surface area contributed by atoms with E-state index in [0.717, 1.165) is 37.1 Å². The molecular weight excluding hydrogens is 304 g/mol. The summed E-state index contributed by atoms with van der Waals surface area (Å²) in [5.41, 5.74) is 2.36. The number of nitrogens with one attached hydrogen (secondary N) is 2. The smallest absolute Gasteiger partial charge is 0.251 e. The fourth-order valence-corrected chi connectivity index (χ4v) is 3.18. The summed E-state index contributed by atoms with van der Waals surface area (Å²) < 4.78 is 1.72. The summed E-state index contributed by atoms with van der Waals surface area (Å²) in [6.45, 7) is 0.621. The number of amides is 1. The monoisotopic (exact) mass is 328 g/mol. The van der Waals surface area contributed by atoms with Crippen molar-refractivity contribution in [2.24, 2.45) is 13.0 Å². The number of hydrogen-bond acceptors (Lipinski definition) is 4. The Labute approximate surface area is 141 Å². The molecule has 1 aliphatic carbocycles. The highest BCUT2D eigenvalue weighted by atomic mass is 16.3. The van der Waals surface area contributed by atoms with Crippen molar-refractivity contribution in [1.29, 1.82) is 0 Å². The Balaban J connectivity index is 1.57. The van der Waals surface area contributed by atoms with Gasteiger partial charge in [0.1, 0.15) is 0 Å². The Bertz CT molecular complexity index is 698. The number of carbonyl (C=O) groups excluding carboxylic acids is 1. The van der Waals surface area contributed by atoms with Crippen LogP contribution in [0.5, 0.6) is 0 Å². The van der Waals surface area contributed by atoms with Crippen molar-refractivity contribution in [2.45, 2.75) is 31.8 Å². The molecule has 1 aromatic carbocycles. The zero-order valence-electron chi connectivity index (χ0n) is 13.9. The molecule has 2 unspecified atom stereocenters. The van der Waals surface area contributed by atoms with Crippen molar-refractivity contribution in [2.75, 3.05) is 11.9 Å². The Morgan fingerprint density at radius 2 is 2.25 bits per heavy atom. The first-order chi connectivity index (χ1) is 11.6. The second-order valence-corrected chi connectivity index (χ2v) is 6.50. The molecule has 3 rings (SSSR count). The van der Waals surface area contributed by atoms with Gasteiger partial charge in [0.2, 0.25) is 0 Å². The number of aryl methyl sites for hydroxylation is 1. The van der Waals surface area contributed by atoms with Gasteiger partial charge in [-0.3, -0.25) is 9.48 Å². The Morgan fingerprint density at radius 3 is 3.00 bits per heavy atom. The van der Waals surface area contributed by atoms with Crippen molar-refractivity contribution in [1.82, 2.24) is 15.1 Å². The highest BCUT2D eigenvalue weighted by molar-refractivity contribution is 5.95. The molecule has 0 spiro atoms. The summed E-state index contributed by atoms with van der Waals surface area (Å²) in [6.07, 6.45) is 7.16. The standard InChI is InChI=1S/C18H24N4O2/c1-22-12-16(11-20-22)21-15-6-3-5-14(9-15)18(24)19-10-13-4-2-7-17(23)8-13/h3,5-6,9,11-13,17,21,23H,2,4,7-8,10H2,1H3,(H,19,24). The molecule has 0 radical (unpaired) electrons. The average molecular weight is 328 g/mol. The number of carbonyl (C=O) groups is 1. The van der Waals surface area contributed by atoms with Crippen molar-refractivity contribution in [3.05, 3.63) is 42.2 Å². The van der Waals surface area contributed by atoms with Crippen LogP contribution in [0, 0.1) is 5.92 Å². The van der Waals surface area contributed by atoms with E-state index in [0.29, 0.717) is 18.0 Å². The molecule has 1 aliphatic rings. The molecule has 1 amide bonds. The maximum absolute atomic E-state index is 12.4. The molecule has 0 aliphatic heterocycles. The van der Waals surface area contributed by atoms with Gasteiger partial charge in [-0.15, -0.1) is 0 Å². The van der Waals surface area contributed by atoms with Crippen LogP contribution < -0.4 is 10.6 Å². The van der Waals surface area contributed by atoms with Crippen LogP contribution in [0.3, 0.4) is 0 Å². The van der Waals surface area contributed by atoms with Gasteiger partial charge in [-0.1, -0.05) is 12.5 Å². The first kappa shape index (κ1) is 16.5. The van der Waals surface area contributed by atoms with Crippen LogP contribution in [0.15, 0.2) is 36.7 Å². The van der Waals surface area contributed by atoms with Gasteiger partial charge in [-0.2, -0.15) is 5.10 Å². The van der Waals surface area contributed by atoms with E-state index in [1.54, 1.807) is 16.9 Å². The number of anilines is 2. The SMILES string of the molecule is Cn1cc(Nc2cccc(C(=O)NCC3CCCC(O)C3)c2)cn1. The van der Waals surface area contributed by atoms with Crippen LogP contribution >= 0.6 is 0 Å². The fraction of sp³-hybridized carbons (Fsp3) is 0.444. The van der Waals surface area contributed by atoms with E-state index in [1.807, 2.05) is 31.4 Å². The lowest BCUT2D eigenvalue weighted by Gasteiger charge is -2.25. The quantitative estimate of drug-likeness (QED) is 0.788. The van der Waals surface area contributed by atoms with Crippen LogP contribution in [-0.2, 0) is 7.05 Å². The topological polar surface area (TPSA) is 79.2 Å². The number of hydrogen-bond donors (Lipinski definition) is 3. The molecule has 0 bridgehead atoms. The Kier molecular flexibility index (Phi) is 5.15. The van der Waals surface area contributed by atoms with Gasteiger partial charge in [0.25, 0.3) is 5.91 Å². The first-order valence-electron chi connectivity index (χ1n) is 8.42. The molecule has 1 heterocycles. The third-order valence-corrected chi connectivity index (χ3v) is 4.42. The highest BCUT2D eigenvalue weighted by Gasteiger charge is 2.20. The number of aliphatic hydroxyl groups is 1. The van der Waals surface area contributed by atoms with E-state index in [4.69, 9.17) is 0 Å². The van der Waals surface area contributed by atoms with Gasteiger partial charge < -0.3 is 15.7 Å². The minimum Gasteiger partial charge on any atom is -0.393 e. The molecule has 3 N–H and O–H groups in total. The van der Waals surface area contributed by atoms with E-state index in [-0.39, 0.29) is 12.0 Å². The number of aliphatic hydroxyl groups excluding tert-OH is 1. The summed E-state index contributed by atoms with van der Waals surface area (Å²) in [5, 5.41) is 20.0. The lowest BCUT2D eigenvalue weighted by atomic mass is 9.87. The summed E-state index contributed by atoms with van der Waals surface area (Å²) in [6, 6.07) is 7.41. The average Bonchev–Trinajstić information content (AvgIpc) is 2.98. The van der Waals surface area contributed by atoms with E-state index in [9.17, 15) is 9.90 Å². The highest BCUT2D eigenvalue weighted by Crippen LogP contribution is 2.23. The van der Waals surface area contributed by atoms with Crippen LogP contribution in [0.2, 0.25) is 0 Å². The van der Waals surface area contributed by atoms with Crippen molar-refractivity contribution in [3.63, 3.8) is 0 Å². The van der Waals surface area contributed by atoms with Crippen LogP contribution in [0.1, 0.15) is 36.0 Å². The van der Waals surface area contributed by atoms with Gasteiger partial charge in [-0.05, 0) is 43.4 Å². The first-order valence-corrected chi connectivity index (χ1v) is 8.42. The maximum Gasteiger partial charge on any atom is 0.251 e. The molecule has 24 heavy (non-hydrogen) atoms. The van der Waals surface area contributed by atoms with Gasteiger partial charge in [0.15, 0.2) is 0 Å². The van der Waals surface area contributed by atoms with Gasteiger partial charge >= 0.3 is 0 Å². The van der Waals surface area contributed by atoms with Gasteiger partial charge in [0, 0.05) is 31.0 Å². The second kappa shape index (κ2) is 7.49. The third-order valence-electron chi connectivity index (χ3n) is 4.42. The predicted octanol–water partition coefficient (Wildman–Crippen LogP) is 2.44. The van der Waals surface area contributed by atoms with E-state index in [1.165, 1.54) is 0 Å². The summed E-state index contributed by atoms with van der Waals surface area (Å²) in [4.78, 5) is 12.4. The number of nitrogens with zero attached hydrogens (tertiary/aromatic N) is 2. The van der Waals surface area contributed by atoms with E-state index >= 15 is 0 Å². The molecule has 0 saturated heterocycles. The Hall–Kier alpha value is -2.34. The second-order valence-electron chi connectivity index (χ2n) is 6.50. The van der Waals surface area contributed by atoms with Crippen molar-refractivity contribution < 1.29 is 9.90 Å². The molecular formula is C18H24N4O2. The van der Waals surface area contributed by atoms with Gasteiger partial charge in [-0.25, -0.2) is 0 Å². The fourth-order valence-electron chi connectivity index (χ4n) is 3.18. The molecule has 2 aromatic rings. The number of aromatic nitrogens is 2. The maximum atomic E-state index is 12.4. The van der Waals surface area contributed by atoms with E-state index < -0.39 is 0 Å². The summed E-state index contributed by atoms with van der Waals surface area (Å²) in [7, 11) is 1.86. The zero-order valence-corrected chi connectivity index (χ0v) is 13.9.